The van der Waals surface area contributed by atoms with Crippen LogP contribution < -0.4 is 11.1 Å². The Hall–Kier alpha value is -3.40. The van der Waals surface area contributed by atoms with E-state index in [4.69, 9.17) is 5.73 Å². The lowest BCUT2D eigenvalue weighted by atomic mass is 9.92. The van der Waals surface area contributed by atoms with E-state index in [0.717, 1.165) is 33.5 Å². The van der Waals surface area contributed by atoms with Crippen molar-refractivity contribution in [1.29, 1.82) is 0 Å². The first-order valence-electron chi connectivity index (χ1n) is 8.44. The zero-order valence-electron chi connectivity index (χ0n) is 14.3. The highest BCUT2D eigenvalue weighted by Gasteiger charge is 2.10. The van der Waals surface area contributed by atoms with Crippen molar-refractivity contribution < 1.29 is 9.59 Å². The third-order valence-corrected chi connectivity index (χ3v) is 4.25. The first-order valence-corrected chi connectivity index (χ1v) is 8.44. The summed E-state index contributed by atoms with van der Waals surface area (Å²) in [4.78, 5) is 22.0. The van der Waals surface area contributed by atoms with Gasteiger partial charge in [0.15, 0.2) is 0 Å². The molecule has 0 heterocycles. The van der Waals surface area contributed by atoms with Gasteiger partial charge in [0, 0.05) is 12.1 Å². The molecular formula is C22H20N2O2. The van der Waals surface area contributed by atoms with Crippen molar-refractivity contribution in [3.8, 4) is 22.3 Å². The summed E-state index contributed by atoms with van der Waals surface area (Å²) in [7, 11) is 0. The molecule has 2 amide bonds. The molecule has 0 atom stereocenters. The second-order valence-corrected chi connectivity index (χ2v) is 6.05. The van der Waals surface area contributed by atoms with Crippen LogP contribution >= 0.6 is 0 Å². The highest BCUT2D eigenvalue weighted by Crippen LogP contribution is 2.31. The van der Waals surface area contributed by atoms with E-state index in [1.807, 2.05) is 42.5 Å². The van der Waals surface area contributed by atoms with Crippen molar-refractivity contribution >= 4 is 18.0 Å². The third-order valence-electron chi connectivity index (χ3n) is 4.25. The molecule has 0 bridgehead atoms. The molecule has 0 aliphatic heterocycles. The van der Waals surface area contributed by atoms with Gasteiger partial charge in [0.05, 0.1) is 0 Å². The van der Waals surface area contributed by atoms with Gasteiger partial charge in [0.25, 0.3) is 0 Å². The monoisotopic (exact) mass is 344 g/mol. The molecule has 0 unspecified atom stereocenters. The van der Waals surface area contributed by atoms with Crippen LogP contribution in [-0.4, -0.2) is 12.3 Å². The second kappa shape index (κ2) is 8.12. The molecule has 0 spiro atoms. The zero-order chi connectivity index (χ0) is 18.4. The summed E-state index contributed by atoms with van der Waals surface area (Å²) in [5.41, 5.74) is 11.4. The molecule has 26 heavy (non-hydrogen) atoms. The SMILES string of the molecule is NC(=O)CCc1cc(-c2ccccc2)ccc1-c1cccc(NC=O)c1. The van der Waals surface area contributed by atoms with Crippen LogP contribution in [0.1, 0.15) is 12.0 Å². The summed E-state index contributed by atoms with van der Waals surface area (Å²) in [6, 6.07) is 24.0. The molecule has 4 nitrogen and oxygen atoms in total. The Morgan fingerprint density at radius 1 is 0.885 bits per heavy atom. The number of aryl methyl sites for hydroxylation is 1. The Labute approximate surface area is 152 Å². The van der Waals surface area contributed by atoms with Gasteiger partial charge in [0.1, 0.15) is 0 Å². The summed E-state index contributed by atoms with van der Waals surface area (Å²) in [5.74, 6) is -0.322. The minimum Gasteiger partial charge on any atom is -0.370 e. The predicted molar refractivity (Wildman–Crippen MR) is 105 cm³/mol. The van der Waals surface area contributed by atoms with Crippen molar-refractivity contribution in [3.63, 3.8) is 0 Å². The molecule has 130 valence electrons. The van der Waals surface area contributed by atoms with Gasteiger partial charge in [-0.05, 0) is 46.4 Å². The van der Waals surface area contributed by atoms with Gasteiger partial charge in [-0.2, -0.15) is 0 Å². The number of hydrogen-bond donors (Lipinski definition) is 2. The van der Waals surface area contributed by atoms with Crippen LogP contribution in [-0.2, 0) is 16.0 Å². The summed E-state index contributed by atoms with van der Waals surface area (Å²) in [6.45, 7) is 0. The van der Waals surface area contributed by atoms with Crippen LogP contribution in [0.5, 0.6) is 0 Å². The van der Waals surface area contributed by atoms with Gasteiger partial charge in [-0.1, -0.05) is 60.7 Å². The highest BCUT2D eigenvalue weighted by atomic mass is 16.1. The van der Waals surface area contributed by atoms with Crippen LogP contribution in [0, 0.1) is 0 Å². The summed E-state index contributed by atoms with van der Waals surface area (Å²) >= 11 is 0. The van der Waals surface area contributed by atoms with Crippen molar-refractivity contribution in [2.45, 2.75) is 12.8 Å². The van der Waals surface area contributed by atoms with Crippen LogP contribution in [0.15, 0.2) is 72.8 Å². The smallest absolute Gasteiger partial charge is 0.217 e. The minimum absolute atomic E-state index is 0.289. The van der Waals surface area contributed by atoms with E-state index in [2.05, 4.69) is 35.6 Å². The maximum Gasteiger partial charge on any atom is 0.217 e. The molecule has 0 fully saturated rings. The maximum atomic E-state index is 11.3. The van der Waals surface area contributed by atoms with Crippen LogP contribution in [0.25, 0.3) is 22.3 Å². The number of nitrogens with one attached hydrogen (secondary N) is 1. The molecular weight excluding hydrogens is 324 g/mol. The van der Waals surface area contributed by atoms with Gasteiger partial charge in [0.2, 0.25) is 12.3 Å². The van der Waals surface area contributed by atoms with Gasteiger partial charge in [-0.15, -0.1) is 0 Å². The number of anilines is 1. The molecule has 3 N–H and O–H groups in total. The Bertz CT molecular complexity index is 920. The lowest BCUT2D eigenvalue weighted by Gasteiger charge is -2.13. The number of hydrogen-bond acceptors (Lipinski definition) is 2. The third kappa shape index (κ3) is 4.16. The van der Waals surface area contributed by atoms with Gasteiger partial charge < -0.3 is 11.1 Å². The summed E-state index contributed by atoms with van der Waals surface area (Å²) < 4.78 is 0. The maximum absolute atomic E-state index is 11.3. The summed E-state index contributed by atoms with van der Waals surface area (Å²) in [5, 5.41) is 2.67. The lowest BCUT2D eigenvalue weighted by Crippen LogP contribution is -2.11. The standard InChI is InChI=1S/C22H20N2O2/c23-22(26)12-10-19-13-17(16-5-2-1-3-6-16)9-11-21(19)18-7-4-8-20(14-18)24-15-25/h1-9,11,13-15H,10,12H2,(H2,23,26)(H,24,25). The van der Waals surface area contributed by atoms with Crippen molar-refractivity contribution in [3.05, 3.63) is 78.4 Å². The zero-order valence-corrected chi connectivity index (χ0v) is 14.3. The average molecular weight is 344 g/mol. The van der Waals surface area contributed by atoms with E-state index in [9.17, 15) is 9.59 Å². The molecule has 4 heteroatoms. The molecule has 3 aromatic rings. The van der Waals surface area contributed by atoms with Crippen molar-refractivity contribution in [2.24, 2.45) is 5.73 Å². The fourth-order valence-corrected chi connectivity index (χ4v) is 2.99. The Balaban J connectivity index is 2.04. The number of primary amides is 1. The predicted octanol–water partition coefficient (Wildman–Crippen LogP) is 4.01. The van der Waals surface area contributed by atoms with E-state index in [-0.39, 0.29) is 12.3 Å². The Morgan fingerprint density at radius 3 is 2.38 bits per heavy atom. The number of benzene rings is 3. The van der Waals surface area contributed by atoms with Crippen LogP contribution in [0.2, 0.25) is 0 Å². The number of amides is 2. The molecule has 0 saturated heterocycles. The minimum atomic E-state index is -0.322. The topological polar surface area (TPSA) is 72.2 Å². The molecule has 3 aromatic carbocycles. The number of carbonyl (C=O) groups is 2. The first-order chi connectivity index (χ1) is 12.7. The largest absolute Gasteiger partial charge is 0.370 e. The van der Waals surface area contributed by atoms with E-state index >= 15 is 0 Å². The normalized spacial score (nSPS) is 10.3. The molecule has 0 aliphatic rings. The van der Waals surface area contributed by atoms with Crippen molar-refractivity contribution in [1.82, 2.24) is 0 Å². The lowest BCUT2D eigenvalue weighted by molar-refractivity contribution is -0.118. The Kier molecular flexibility index (Phi) is 5.44. The van der Waals surface area contributed by atoms with Crippen LogP contribution in [0.4, 0.5) is 5.69 Å². The van der Waals surface area contributed by atoms with Gasteiger partial charge in [-0.3, -0.25) is 9.59 Å². The molecule has 3 rings (SSSR count). The van der Waals surface area contributed by atoms with E-state index in [0.29, 0.717) is 12.8 Å². The average Bonchev–Trinajstić information content (AvgIpc) is 2.67. The fraction of sp³-hybridized carbons (Fsp3) is 0.0909. The quantitative estimate of drug-likeness (QED) is 0.636. The molecule has 0 saturated carbocycles. The van der Waals surface area contributed by atoms with Crippen LogP contribution in [0.3, 0.4) is 0 Å². The first kappa shape index (κ1) is 17.4. The molecule has 0 radical (unpaired) electrons. The van der Waals surface area contributed by atoms with Gasteiger partial charge in [-0.25, -0.2) is 0 Å². The second-order valence-electron chi connectivity index (χ2n) is 6.05. The highest BCUT2D eigenvalue weighted by molar-refractivity contribution is 5.80. The molecule has 0 aromatic heterocycles. The number of nitrogens with two attached hydrogens (primary N) is 1. The van der Waals surface area contributed by atoms with E-state index in [1.165, 1.54) is 0 Å². The summed E-state index contributed by atoms with van der Waals surface area (Å²) in [6.07, 6.45) is 1.51. The van der Waals surface area contributed by atoms with Crippen molar-refractivity contribution in [2.75, 3.05) is 5.32 Å². The molecule has 0 aliphatic carbocycles. The number of carbonyl (C=O) groups excluding carboxylic acids is 2. The number of rotatable bonds is 7. The van der Waals surface area contributed by atoms with Gasteiger partial charge >= 0.3 is 0 Å². The Morgan fingerprint density at radius 2 is 1.65 bits per heavy atom. The van der Waals surface area contributed by atoms with E-state index < -0.39 is 0 Å². The fourth-order valence-electron chi connectivity index (χ4n) is 2.99. The van der Waals surface area contributed by atoms with E-state index in [1.54, 1.807) is 0 Å².